The van der Waals surface area contributed by atoms with E-state index < -0.39 is 0 Å². The van der Waals surface area contributed by atoms with Gasteiger partial charge in [-0.2, -0.15) is 0 Å². The van der Waals surface area contributed by atoms with Gasteiger partial charge in [-0.05, 0) is 43.5 Å². The number of carbonyl (C=O) groups is 1. The number of aliphatic hydroxyl groups is 1. The number of nitrogens with zero attached hydrogens (tertiary/aromatic N) is 5. The van der Waals surface area contributed by atoms with Crippen LogP contribution in [-0.2, 0) is 6.54 Å². The van der Waals surface area contributed by atoms with Crippen molar-refractivity contribution in [3.8, 4) is 11.3 Å². The van der Waals surface area contributed by atoms with E-state index in [0.29, 0.717) is 17.9 Å². The number of imidazole rings is 1. The molecule has 0 spiro atoms. The lowest BCUT2D eigenvalue weighted by molar-refractivity contribution is 0.0966. The monoisotopic (exact) mass is 455 g/mol. The Bertz CT molecular complexity index is 1380. The van der Waals surface area contributed by atoms with Crippen LogP contribution in [0.5, 0.6) is 0 Å². The summed E-state index contributed by atoms with van der Waals surface area (Å²) >= 11 is 0. The summed E-state index contributed by atoms with van der Waals surface area (Å²) in [5.74, 6) is 0.566. The summed E-state index contributed by atoms with van der Waals surface area (Å²) in [5.41, 5.74) is 5.95. The molecule has 4 aromatic rings. The van der Waals surface area contributed by atoms with Crippen LogP contribution in [0.4, 0.5) is 17.2 Å². The topological polar surface area (TPSA) is 108 Å². The lowest BCUT2D eigenvalue weighted by atomic mass is 9.99. The third-order valence-corrected chi connectivity index (χ3v) is 6.75. The summed E-state index contributed by atoms with van der Waals surface area (Å²) in [7, 11) is 0. The highest BCUT2D eigenvalue weighted by Gasteiger charge is 2.28. The quantitative estimate of drug-likeness (QED) is 0.434. The van der Waals surface area contributed by atoms with E-state index in [4.69, 9.17) is 0 Å². The molecule has 2 aliphatic heterocycles. The van der Waals surface area contributed by atoms with Gasteiger partial charge in [-0.15, -0.1) is 0 Å². The maximum Gasteiger partial charge on any atom is 0.254 e. The molecule has 1 amide bonds. The van der Waals surface area contributed by atoms with Crippen molar-refractivity contribution in [2.45, 2.75) is 38.5 Å². The van der Waals surface area contributed by atoms with E-state index >= 15 is 0 Å². The fourth-order valence-electron chi connectivity index (χ4n) is 5.03. The van der Waals surface area contributed by atoms with Crippen LogP contribution in [-0.4, -0.2) is 49.1 Å². The van der Waals surface area contributed by atoms with Gasteiger partial charge in [0.05, 0.1) is 47.3 Å². The molecule has 1 saturated heterocycles. The molecule has 2 aliphatic rings. The zero-order valence-corrected chi connectivity index (χ0v) is 18.8. The second-order valence-electron chi connectivity index (χ2n) is 8.89. The maximum atomic E-state index is 12.8. The molecular formula is C25H25N7O2. The molecule has 0 aliphatic carbocycles. The van der Waals surface area contributed by atoms with E-state index in [2.05, 4.69) is 37.4 Å². The van der Waals surface area contributed by atoms with Crippen LogP contribution in [0.15, 0.2) is 55.2 Å². The van der Waals surface area contributed by atoms with Crippen molar-refractivity contribution in [3.63, 3.8) is 0 Å². The van der Waals surface area contributed by atoms with Gasteiger partial charge in [0, 0.05) is 37.1 Å². The molecule has 0 unspecified atom stereocenters. The number of carbonyl (C=O) groups excluding carboxylic acids is 1. The Hall–Kier alpha value is -3.98. The van der Waals surface area contributed by atoms with E-state index in [9.17, 15) is 9.90 Å². The first-order valence-electron chi connectivity index (χ1n) is 11.5. The number of aliphatic hydroxyl groups excluding tert-OH is 1. The number of nitrogens with one attached hydrogen (secondary N) is 2. The lowest BCUT2D eigenvalue weighted by Gasteiger charge is -2.37. The fraction of sp³-hybridized carbons (Fsp3) is 0.280. The molecular weight excluding hydrogens is 430 g/mol. The molecule has 34 heavy (non-hydrogen) atoms. The first-order valence-corrected chi connectivity index (χ1v) is 11.5. The number of fused-ring (bicyclic) bond motifs is 2. The predicted octanol–water partition coefficient (Wildman–Crippen LogP) is 3.13. The van der Waals surface area contributed by atoms with Gasteiger partial charge >= 0.3 is 0 Å². The van der Waals surface area contributed by atoms with Gasteiger partial charge in [0.2, 0.25) is 0 Å². The number of aromatic nitrogens is 4. The average Bonchev–Trinajstić information content (AvgIpc) is 3.45. The number of hydrogen-bond acceptors (Lipinski definition) is 7. The highest BCUT2D eigenvalue weighted by molar-refractivity contribution is 6.06. The average molecular weight is 456 g/mol. The minimum Gasteiger partial charge on any atom is -0.393 e. The van der Waals surface area contributed by atoms with Crippen molar-refractivity contribution in [1.82, 2.24) is 24.7 Å². The molecule has 1 aromatic carbocycles. The molecule has 9 heteroatoms. The summed E-state index contributed by atoms with van der Waals surface area (Å²) in [6, 6.07) is 8.16. The summed E-state index contributed by atoms with van der Waals surface area (Å²) in [5, 5.41) is 16.2. The van der Waals surface area contributed by atoms with Crippen molar-refractivity contribution in [3.05, 3.63) is 66.4 Å². The van der Waals surface area contributed by atoms with E-state index in [-0.39, 0.29) is 18.1 Å². The summed E-state index contributed by atoms with van der Waals surface area (Å²) in [6.45, 7) is 3.39. The van der Waals surface area contributed by atoms with E-state index in [1.54, 1.807) is 12.4 Å². The SMILES string of the molecule is C[C@H]1C[C@H](O)CCN1c1ccc(Nc2ccc(-c3cnc4cnccn34)c3c2C(=O)NC3)nc1. The van der Waals surface area contributed by atoms with Crippen LogP contribution in [0.2, 0.25) is 0 Å². The number of piperidine rings is 1. The first-order chi connectivity index (χ1) is 16.6. The van der Waals surface area contributed by atoms with E-state index in [1.807, 2.05) is 47.3 Å². The van der Waals surface area contributed by atoms with Gasteiger partial charge in [0.25, 0.3) is 5.91 Å². The second kappa shape index (κ2) is 8.11. The number of hydrogen-bond donors (Lipinski definition) is 3. The minimum atomic E-state index is -0.228. The van der Waals surface area contributed by atoms with Crippen LogP contribution >= 0.6 is 0 Å². The number of amides is 1. The normalized spacial score (nSPS) is 19.8. The van der Waals surface area contributed by atoms with Gasteiger partial charge in [0.1, 0.15) is 5.82 Å². The van der Waals surface area contributed by atoms with Crippen molar-refractivity contribution in [2.75, 3.05) is 16.8 Å². The minimum absolute atomic E-state index is 0.104. The Morgan fingerprint density at radius 2 is 2.06 bits per heavy atom. The number of rotatable bonds is 4. The van der Waals surface area contributed by atoms with Crippen molar-refractivity contribution < 1.29 is 9.90 Å². The third kappa shape index (κ3) is 3.45. The van der Waals surface area contributed by atoms with E-state index in [1.165, 1.54) is 0 Å². The van der Waals surface area contributed by atoms with Crippen molar-refractivity contribution >= 4 is 28.7 Å². The zero-order valence-electron chi connectivity index (χ0n) is 18.8. The molecule has 172 valence electrons. The molecule has 0 radical (unpaired) electrons. The van der Waals surface area contributed by atoms with Gasteiger partial charge in [-0.25, -0.2) is 9.97 Å². The molecule has 0 bridgehead atoms. The molecule has 6 rings (SSSR count). The Morgan fingerprint density at radius 1 is 1.15 bits per heavy atom. The molecule has 5 heterocycles. The molecule has 2 atom stereocenters. The second-order valence-corrected chi connectivity index (χ2v) is 8.89. The third-order valence-electron chi connectivity index (χ3n) is 6.75. The van der Waals surface area contributed by atoms with Crippen LogP contribution in [0, 0.1) is 0 Å². The highest BCUT2D eigenvalue weighted by Crippen LogP contribution is 2.35. The summed E-state index contributed by atoms with van der Waals surface area (Å²) in [6.07, 6.45) is 10.3. The molecule has 3 N–H and O–H groups in total. The number of pyridine rings is 1. The van der Waals surface area contributed by atoms with Crippen LogP contribution in [0.3, 0.4) is 0 Å². The van der Waals surface area contributed by atoms with Gasteiger partial charge in [-0.1, -0.05) is 6.07 Å². The number of benzene rings is 1. The largest absolute Gasteiger partial charge is 0.393 e. The van der Waals surface area contributed by atoms with Crippen LogP contribution in [0.25, 0.3) is 16.9 Å². The van der Waals surface area contributed by atoms with Crippen LogP contribution in [0.1, 0.15) is 35.7 Å². The Morgan fingerprint density at radius 3 is 2.88 bits per heavy atom. The van der Waals surface area contributed by atoms with E-state index in [0.717, 1.165) is 53.2 Å². The molecule has 0 saturated carbocycles. The number of anilines is 3. The van der Waals surface area contributed by atoms with Crippen molar-refractivity contribution in [1.29, 1.82) is 0 Å². The summed E-state index contributed by atoms with van der Waals surface area (Å²) < 4.78 is 1.97. The maximum absolute atomic E-state index is 12.8. The highest BCUT2D eigenvalue weighted by atomic mass is 16.3. The summed E-state index contributed by atoms with van der Waals surface area (Å²) in [4.78, 5) is 28.2. The molecule has 3 aromatic heterocycles. The zero-order chi connectivity index (χ0) is 23.2. The van der Waals surface area contributed by atoms with Gasteiger partial charge in [0.15, 0.2) is 5.65 Å². The Kier molecular flexibility index (Phi) is 4.91. The smallest absolute Gasteiger partial charge is 0.254 e. The van der Waals surface area contributed by atoms with Crippen molar-refractivity contribution in [2.24, 2.45) is 0 Å². The molecule has 1 fully saturated rings. The standard InChI is InChI=1S/C25H25N7O2/c1-15-10-17(33)6-8-31(15)16-2-5-22(27-11-16)30-20-4-3-18(19-12-29-25(34)24(19)20)21-13-28-23-14-26-7-9-32(21)23/h2-5,7,9,11,13-15,17,33H,6,8,10,12H2,1H3,(H,27,30)(H,29,34)/t15-,17+/m0/s1. The Balaban J connectivity index is 1.30. The van der Waals surface area contributed by atoms with Crippen LogP contribution < -0.4 is 15.5 Å². The van der Waals surface area contributed by atoms with Gasteiger partial charge in [-0.3, -0.25) is 14.2 Å². The fourth-order valence-corrected chi connectivity index (χ4v) is 5.03. The predicted molar refractivity (Wildman–Crippen MR) is 129 cm³/mol. The lowest BCUT2D eigenvalue weighted by Crippen LogP contribution is -2.42. The molecule has 9 nitrogen and oxygen atoms in total. The Labute approximate surface area is 196 Å². The van der Waals surface area contributed by atoms with Gasteiger partial charge < -0.3 is 20.6 Å². The first kappa shape index (κ1) is 20.6.